The van der Waals surface area contributed by atoms with Crippen molar-refractivity contribution in [1.82, 2.24) is 4.90 Å². The zero-order valence-electron chi connectivity index (χ0n) is 12.3. The quantitative estimate of drug-likeness (QED) is 0.540. The average molecular weight is 397 g/mol. The first-order chi connectivity index (χ1) is 9.68. The molecule has 0 N–H and O–H groups in total. The highest BCUT2D eigenvalue weighted by molar-refractivity contribution is 9.10. The molecule has 0 bridgehead atoms. The number of halogens is 2. The number of benzene rings is 1. The normalized spacial score (nSPS) is 11.5. The largest absolute Gasteiger partial charge is 0.342 e. The van der Waals surface area contributed by atoms with E-state index in [0.717, 1.165) is 19.3 Å². The first-order valence-electron chi connectivity index (χ1n) is 6.68. The number of unbranched alkanes of at least 4 members (excludes halogenated alkanes) is 2. The molecule has 0 aliphatic heterocycles. The summed E-state index contributed by atoms with van der Waals surface area (Å²) in [6, 6.07) is 2.74. The summed E-state index contributed by atoms with van der Waals surface area (Å²) in [5.74, 6) is -0.202. The molecule has 0 aromatic heterocycles. The Balaban J connectivity index is 3.11. The van der Waals surface area contributed by atoms with Gasteiger partial charge in [-0.2, -0.15) is 0 Å². The molecule has 1 aromatic carbocycles. The molecule has 1 aromatic rings. The Morgan fingerprint density at radius 1 is 1.33 bits per heavy atom. The van der Waals surface area contributed by atoms with Gasteiger partial charge in [-0.1, -0.05) is 35.7 Å². The molecule has 4 nitrogen and oxygen atoms in total. The van der Waals surface area contributed by atoms with Gasteiger partial charge in [0.25, 0.3) is 15.0 Å². The molecule has 0 spiro atoms. The summed E-state index contributed by atoms with van der Waals surface area (Å²) in [6.07, 6.45) is 3.05. The highest BCUT2D eigenvalue weighted by atomic mass is 79.9. The molecule has 0 saturated carbocycles. The Morgan fingerprint density at radius 2 is 1.95 bits per heavy atom. The van der Waals surface area contributed by atoms with Crippen LogP contribution in [0.15, 0.2) is 21.5 Å². The van der Waals surface area contributed by atoms with Gasteiger partial charge in [0.05, 0.1) is 4.90 Å². The van der Waals surface area contributed by atoms with E-state index < -0.39 is 9.05 Å². The molecule has 0 fully saturated rings. The molecule has 0 aliphatic carbocycles. The van der Waals surface area contributed by atoms with Crippen LogP contribution in [0.4, 0.5) is 0 Å². The van der Waals surface area contributed by atoms with E-state index in [1.807, 2.05) is 0 Å². The van der Waals surface area contributed by atoms with Gasteiger partial charge in [0.15, 0.2) is 0 Å². The van der Waals surface area contributed by atoms with Gasteiger partial charge >= 0.3 is 0 Å². The molecule has 7 heteroatoms. The van der Waals surface area contributed by atoms with Crippen molar-refractivity contribution in [3.05, 3.63) is 27.7 Å². The van der Waals surface area contributed by atoms with Crippen LogP contribution in [0.2, 0.25) is 0 Å². The number of rotatable bonds is 6. The third-order valence-corrected chi connectivity index (χ3v) is 5.43. The minimum atomic E-state index is -3.87. The van der Waals surface area contributed by atoms with Gasteiger partial charge in [0.2, 0.25) is 0 Å². The van der Waals surface area contributed by atoms with Crippen molar-refractivity contribution in [1.29, 1.82) is 0 Å². The van der Waals surface area contributed by atoms with Crippen molar-refractivity contribution in [3.8, 4) is 0 Å². The number of carbonyl (C=O) groups excluding carboxylic acids is 1. The minimum Gasteiger partial charge on any atom is -0.342 e. The van der Waals surface area contributed by atoms with E-state index in [1.54, 1.807) is 18.9 Å². The third-order valence-electron chi connectivity index (χ3n) is 3.27. The molecule has 0 heterocycles. The second kappa shape index (κ2) is 7.61. The van der Waals surface area contributed by atoms with E-state index in [4.69, 9.17) is 10.7 Å². The molecule has 0 unspecified atom stereocenters. The van der Waals surface area contributed by atoms with E-state index in [9.17, 15) is 13.2 Å². The second-order valence-electron chi connectivity index (χ2n) is 4.95. The summed E-state index contributed by atoms with van der Waals surface area (Å²) in [7, 11) is 3.21. The monoisotopic (exact) mass is 395 g/mol. The Bertz CT molecular complexity index is 631. The van der Waals surface area contributed by atoms with Gasteiger partial charge in [-0.3, -0.25) is 4.79 Å². The van der Waals surface area contributed by atoms with Crippen molar-refractivity contribution in [2.45, 2.75) is 38.0 Å². The van der Waals surface area contributed by atoms with Crippen LogP contribution in [0.3, 0.4) is 0 Å². The van der Waals surface area contributed by atoms with Crippen LogP contribution in [-0.4, -0.2) is 32.8 Å². The predicted octanol–water partition coefficient (Wildman–Crippen LogP) is 3.95. The third kappa shape index (κ3) is 4.97. The Labute approximate surface area is 139 Å². The molecule has 1 amide bonds. The maximum atomic E-state index is 12.5. The molecule has 0 atom stereocenters. The van der Waals surface area contributed by atoms with Crippen LogP contribution < -0.4 is 0 Å². The second-order valence-corrected chi connectivity index (χ2v) is 8.37. The zero-order valence-corrected chi connectivity index (χ0v) is 15.5. The van der Waals surface area contributed by atoms with Gasteiger partial charge in [-0.05, 0) is 31.0 Å². The fourth-order valence-electron chi connectivity index (χ4n) is 1.92. The fourth-order valence-corrected chi connectivity index (χ4v) is 3.32. The number of amides is 1. The Kier molecular flexibility index (Phi) is 6.69. The van der Waals surface area contributed by atoms with E-state index >= 15 is 0 Å². The first kappa shape index (κ1) is 18.5. The van der Waals surface area contributed by atoms with Crippen molar-refractivity contribution < 1.29 is 13.2 Å². The number of nitrogens with zero attached hydrogens (tertiary/aromatic N) is 1. The van der Waals surface area contributed by atoms with Crippen molar-refractivity contribution >= 4 is 41.6 Å². The van der Waals surface area contributed by atoms with Crippen molar-refractivity contribution in [2.75, 3.05) is 13.6 Å². The average Bonchev–Trinajstić information content (AvgIpc) is 2.39. The molecule has 21 heavy (non-hydrogen) atoms. The summed E-state index contributed by atoms with van der Waals surface area (Å²) < 4.78 is 23.5. The lowest BCUT2D eigenvalue weighted by molar-refractivity contribution is 0.0791. The number of hydrogen-bond acceptors (Lipinski definition) is 3. The van der Waals surface area contributed by atoms with Crippen molar-refractivity contribution in [2.24, 2.45) is 0 Å². The van der Waals surface area contributed by atoms with E-state index in [1.165, 1.54) is 12.1 Å². The summed E-state index contributed by atoms with van der Waals surface area (Å²) in [5, 5.41) is 0. The van der Waals surface area contributed by atoms with Gasteiger partial charge in [0, 0.05) is 34.3 Å². The van der Waals surface area contributed by atoms with Gasteiger partial charge < -0.3 is 4.90 Å². The van der Waals surface area contributed by atoms with Crippen molar-refractivity contribution in [3.63, 3.8) is 0 Å². The lowest BCUT2D eigenvalue weighted by Crippen LogP contribution is -2.28. The van der Waals surface area contributed by atoms with Gasteiger partial charge in [-0.15, -0.1) is 0 Å². The van der Waals surface area contributed by atoms with E-state index in [2.05, 4.69) is 22.9 Å². The summed E-state index contributed by atoms with van der Waals surface area (Å²) >= 11 is 3.28. The fraction of sp³-hybridized carbons (Fsp3) is 0.500. The van der Waals surface area contributed by atoms with Crippen LogP contribution in [0.1, 0.15) is 42.1 Å². The van der Waals surface area contributed by atoms with Crippen LogP contribution in [0, 0.1) is 6.92 Å². The molecular weight excluding hydrogens is 378 g/mol. The van der Waals surface area contributed by atoms with E-state index in [-0.39, 0.29) is 10.8 Å². The summed E-state index contributed by atoms with van der Waals surface area (Å²) in [4.78, 5) is 14.0. The van der Waals surface area contributed by atoms with Crippen LogP contribution >= 0.6 is 26.6 Å². The minimum absolute atomic E-state index is 0.0769. The predicted molar refractivity (Wildman–Crippen MR) is 88.4 cm³/mol. The lowest BCUT2D eigenvalue weighted by atomic mass is 10.1. The zero-order chi connectivity index (χ0) is 16.2. The highest BCUT2D eigenvalue weighted by Crippen LogP contribution is 2.27. The SMILES string of the molecule is CCCCCN(C)C(=O)c1cc(S(=O)(=O)Cl)cc(Br)c1C. The first-order valence-corrected chi connectivity index (χ1v) is 9.79. The topological polar surface area (TPSA) is 54.5 Å². The smallest absolute Gasteiger partial charge is 0.261 e. The molecular formula is C14H19BrClNO3S. The highest BCUT2D eigenvalue weighted by Gasteiger charge is 2.20. The standard InChI is InChI=1S/C14H19BrClNO3S/c1-4-5-6-7-17(3)14(18)12-8-11(21(16,19)20)9-13(15)10(12)2/h8-9H,4-7H2,1-3H3. The summed E-state index contributed by atoms with van der Waals surface area (Å²) in [6.45, 7) is 4.50. The number of carbonyl (C=O) groups is 1. The van der Waals surface area contributed by atoms with Gasteiger partial charge in [-0.25, -0.2) is 8.42 Å². The van der Waals surface area contributed by atoms with Gasteiger partial charge in [0.1, 0.15) is 0 Å². The molecule has 118 valence electrons. The lowest BCUT2D eigenvalue weighted by Gasteiger charge is -2.19. The molecule has 1 rings (SSSR count). The molecule has 0 radical (unpaired) electrons. The van der Waals surface area contributed by atoms with E-state index in [0.29, 0.717) is 22.1 Å². The number of hydrogen-bond donors (Lipinski definition) is 0. The van der Waals surface area contributed by atoms with Crippen LogP contribution in [0.25, 0.3) is 0 Å². The Morgan fingerprint density at radius 3 is 2.48 bits per heavy atom. The maximum Gasteiger partial charge on any atom is 0.261 e. The maximum absolute atomic E-state index is 12.5. The Hall–Kier alpha value is -0.590. The van der Waals surface area contributed by atoms with Crippen LogP contribution in [-0.2, 0) is 9.05 Å². The molecule has 0 saturated heterocycles. The van der Waals surface area contributed by atoms with Crippen LogP contribution in [0.5, 0.6) is 0 Å². The molecule has 0 aliphatic rings. The summed E-state index contributed by atoms with van der Waals surface area (Å²) in [5.41, 5.74) is 1.05.